The molecule has 0 saturated heterocycles. The average Bonchev–Trinajstić information content (AvgIpc) is 2.55. The van der Waals surface area contributed by atoms with Gasteiger partial charge in [0.2, 0.25) is 0 Å². The Morgan fingerprint density at radius 1 is 1.08 bits per heavy atom. The van der Waals surface area contributed by atoms with Crippen molar-refractivity contribution in [1.29, 1.82) is 0 Å². The molecule has 2 N–H and O–H groups in total. The quantitative estimate of drug-likeness (QED) is 0.321. The molecule has 0 atom stereocenters. The lowest BCUT2D eigenvalue weighted by Gasteiger charge is -2.20. The van der Waals surface area contributed by atoms with Gasteiger partial charge in [-0.3, -0.25) is 9.59 Å². The number of oxime groups is 1. The van der Waals surface area contributed by atoms with Crippen LogP contribution in [0.4, 0.5) is 0 Å². The monoisotopic (exact) mass is 325 g/mol. The SMILES string of the molecule is CC(=O)O/N=C/c1cc(O)c2c(c1O)C(=O)c1ccccc1C2=O. The summed E-state index contributed by atoms with van der Waals surface area (Å²) in [5.74, 6) is -2.81. The smallest absolute Gasteiger partial charge is 0.331 e. The lowest BCUT2D eigenvalue weighted by atomic mass is 9.82. The average molecular weight is 325 g/mol. The molecule has 0 aliphatic heterocycles. The van der Waals surface area contributed by atoms with Crippen LogP contribution in [0.1, 0.15) is 44.3 Å². The molecular weight excluding hydrogens is 314 g/mol. The standard InChI is InChI=1S/C17H11NO6/c1-8(19)24-18-7-9-6-12(20)13-14(15(9)21)17(23)11-5-3-2-4-10(11)16(13)22/h2-7,20-21H,1H3/b18-7+. The number of fused-ring (bicyclic) bond motifs is 2. The molecule has 2 aromatic rings. The Bertz CT molecular complexity index is 929. The van der Waals surface area contributed by atoms with Crippen molar-refractivity contribution in [2.24, 2.45) is 5.16 Å². The van der Waals surface area contributed by atoms with Gasteiger partial charge < -0.3 is 15.1 Å². The van der Waals surface area contributed by atoms with Crippen LogP contribution in [0.3, 0.4) is 0 Å². The normalized spacial score (nSPS) is 12.9. The van der Waals surface area contributed by atoms with Crippen LogP contribution < -0.4 is 0 Å². The van der Waals surface area contributed by atoms with E-state index < -0.39 is 29.0 Å². The molecule has 0 unspecified atom stereocenters. The molecule has 0 aromatic heterocycles. The Kier molecular flexibility index (Phi) is 3.61. The molecular formula is C17H11NO6. The summed E-state index contributed by atoms with van der Waals surface area (Å²) in [7, 11) is 0. The van der Waals surface area contributed by atoms with Crippen LogP contribution in [0, 0.1) is 0 Å². The maximum atomic E-state index is 12.6. The fraction of sp³-hybridized carbons (Fsp3) is 0.0588. The van der Waals surface area contributed by atoms with Crippen LogP contribution in [0.2, 0.25) is 0 Å². The first-order chi connectivity index (χ1) is 11.4. The lowest BCUT2D eigenvalue weighted by molar-refractivity contribution is -0.140. The molecule has 0 fully saturated rings. The van der Waals surface area contributed by atoms with Gasteiger partial charge in [0.15, 0.2) is 11.6 Å². The Hall–Kier alpha value is -3.48. The Labute approximate surface area is 135 Å². The summed E-state index contributed by atoms with van der Waals surface area (Å²) in [5, 5.41) is 23.8. The van der Waals surface area contributed by atoms with E-state index in [0.717, 1.165) is 19.2 Å². The molecule has 0 spiro atoms. The molecule has 7 nitrogen and oxygen atoms in total. The van der Waals surface area contributed by atoms with E-state index in [9.17, 15) is 24.6 Å². The summed E-state index contributed by atoms with van der Waals surface area (Å²) in [4.78, 5) is 40.2. The molecule has 0 saturated carbocycles. The molecule has 0 bridgehead atoms. The summed E-state index contributed by atoms with van der Waals surface area (Å²) in [5.41, 5.74) is -0.332. The molecule has 120 valence electrons. The second-order valence-corrected chi connectivity index (χ2v) is 5.10. The van der Waals surface area contributed by atoms with Crippen molar-refractivity contribution in [3.8, 4) is 11.5 Å². The predicted molar refractivity (Wildman–Crippen MR) is 82.4 cm³/mol. The number of nitrogens with zero attached hydrogens (tertiary/aromatic N) is 1. The maximum absolute atomic E-state index is 12.6. The molecule has 3 rings (SSSR count). The summed E-state index contributed by atoms with van der Waals surface area (Å²) < 4.78 is 0. The van der Waals surface area contributed by atoms with E-state index in [0.29, 0.717) is 0 Å². The molecule has 7 heteroatoms. The fourth-order valence-corrected chi connectivity index (χ4v) is 2.53. The van der Waals surface area contributed by atoms with Gasteiger partial charge in [-0.1, -0.05) is 29.4 Å². The topological polar surface area (TPSA) is 113 Å². The minimum Gasteiger partial charge on any atom is -0.507 e. The second-order valence-electron chi connectivity index (χ2n) is 5.10. The number of benzene rings is 2. The van der Waals surface area contributed by atoms with Crippen LogP contribution in [0.15, 0.2) is 35.5 Å². The van der Waals surface area contributed by atoms with E-state index >= 15 is 0 Å². The summed E-state index contributed by atoms with van der Waals surface area (Å²) in [6.45, 7) is 1.14. The highest BCUT2D eigenvalue weighted by Crippen LogP contribution is 2.39. The van der Waals surface area contributed by atoms with Gasteiger partial charge in [0.25, 0.3) is 0 Å². The van der Waals surface area contributed by atoms with Crippen molar-refractivity contribution < 1.29 is 29.4 Å². The van der Waals surface area contributed by atoms with Crippen LogP contribution in [0.5, 0.6) is 11.5 Å². The summed E-state index contributed by atoms with van der Waals surface area (Å²) in [6, 6.07) is 7.21. The van der Waals surface area contributed by atoms with Crippen molar-refractivity contribution in [2.45, 2.75) is 6.92 Å². The largest absolute Gasteiger partial charge is 0.507 e. The number of hydrogen-bond donors (Lipinski definition) is 2. The van der Waals surface area contributed by atoms with Gasteiger partial charge >= 0.3 is 5.97 Å². The van der Waals surface area contributed by atoms with Crippen molar-refractivity contribution in [3.63, 3.8) is 0 Å². The third-order valence-corrected chi connectivity index (χ3v) is 3.55. The summed E-state index contributed by atoms with van der Waals surface area (Å²) in [6.07, 6.45) is 0.967. The van der Waals surface area contributed by atoms with E-state index in [2.05, 4.69) is 9.99 Å². The van der Waals surface area contributed by atoms with E-state index in [-0.39, 0.29) is 27.8 Å². The molecule has 2 aromatic carbocycles. The molecule has 24 heavy (non-hydrogen) atoms. The first-order valence-corrected chi connectivity index (χ1v) is 6.90. The molecule has 1 aliphatic carbocycles. The minimum absolute atomic E-state index is 0.0620. The third-order valence-electron chi connectivity index (χ3n) is 3.55. The number of ketones is 2. The highest BCUT2D eigenvalue weighted by atomic mass is 16.7. The zero-order valence-corrected chi connectivity index (χ0v) is 12.4. The number of phenolic OH excluding ortho intramolecular Hbond substituents is 2. The second kappa shape index (κ2) is 5.62. The highest BCUT2D eigenvalue weighted by Gasteiger charge is 2.35. The number of carbonyl (C=O) groups excluding carboxylic acids is 3. The minimum atomic E-state index is -0.673. The summed E-state index contributed by atoms with van der Waals surface area (Å²) >= 11 is 0. The lowest BCUT2D eigenvalue weighted by Crippen LogP contribution is -2.21. The van der Waals surface area contributed by atoms with Crippen molar-refractivity contribution in [2.75, 3.05) is 0 Å². The van der Waals surface area contributed by atoms with Gasteiger partial charge in [-0.15, -0.1) is 0 Å². The number of carbonyl (C=O) groups is 3. The first-order valence-electron chi connectivity index (χ1n) is 6.90. The van der Waals surface area contributed by atoms with Crippen LogP contribution in [-0.2, 0) is 9.63 Å². The van der Waals surface area contributed by atoms with E-state index in [1.807, 2.05) is 0 Å². The van der Waals surface area contributed by atoms with Crippen molar-refractivity contribution in [1.82, 2.24) is 0 Å². The molecule has 0 heterocycles. The van der Waals surface area contributed by atoms with Gasteiger partial charge in [0.1, 0.15) is 11.5 Å². The maximum Gasteiger partial charge on any atom is 0.331 e. The first kappa shape index (κ1) is 15.4. The van der Waals surface area contributed by atoms with Crippen LogP contribution in [-0.4, -0.2) is 34.0 Å². The highest BCUT2D eigenvalue weighted by molar-refractivity contribution is 6.30. The van der Waals surface area contributed by atoms with Crippen LogP contribution >= 0.6 is 0 Å². The van der Waals surface area contributed by atoms with Gasteiger partial charge in [0.05, 0.1) is 17.3 Å². The van der Waals surface area contributed by atoms with E-state index in [4.69, 9.17) is 0 Å². The van der Waals surface area contributed by atoms with Gasteiger partial charge in [-0.25, -0.2) is 4.79 Å². The fourth-order valence-electron chi connectivity index (χ4n) is 2.53. The van der Waals surface area contributed by atoms with Crippen molar-refractivity contribution in [3.05, 3.63) is 58.1 Å². The molecule has 0 amide bonds. The van der Waals surface area contributed by atoms with Gasteiger partial charge in [-0.05, 0) is 6.07 Å². The van der Waals surface area contributed by atoms with Gasteiger partial charge in [0, 0.05) is 23.6 Å². The van der Waals surface area contributed by atoms with Gasteiger partial charge in [-0.2, -0.15) is 0 Å². The Balaban J connectivity index is 2.19. The number of aromatic hydroxyl groups is 2. The Morgan fingerprint density at radius 2 is 1.67 bits per heavy atom. The zero-order chi connectivity index (χ0) is 17.4. The van der Waals surface area contributed by atoms with E-state index in [1.54, 1.807) is 12.1 Å². The van der Waals surface area contributed by atoms with Crippen molar-refractivity contribution >= 4 is 23.8 Å². The molecule has 0 radical (unpaired) electrons. The third kappa shape index (κ3) is 2.32. The molecule has 1 aliphatic rings. The Morgan fingerprint density at radius 3 is 2.25 bits per heavy atom. The zero-order valence-electron chi connectivity index (χ0n) is 12.4. The number of phenols is 2. The predicted octanol–water partition coefficient (Wildman–Crippen LogP) is 1.77. The number of rotatable bonds is 2. The van der Waals surface area contributed by atoms with Crippen LogP contribution in [0.25, 0.3) is 0 Å². The number of hydrogen-bond acceptors (Lipinski definition) is 7. The van der Waals surface area contributed by atoms with E-state index in [1.165, 1.54) is 12.1 Å².